The fourth-order valence-electron chi connectivity index (χ4n) is 3.65. The molecule has 5 aromatic rings. The van der Waals surface area contributed by atoms with Crippen LogP contribution >= 0.6 is 11.8 Å². The molecule has 0 bridgehead atoms. The molecule has 8 nitrogen and oxygen atoms in total. The van der Waals surface area contributed by atoms with E-state index in [1.165, 1.54) is 16.3 Å². The van der Waals surface area contributed by atoms with Crippen LogP contribution in [0.4, 0.5) is 0 Å². The number of para-hydroxylation sites is 2. The summed E-state index contributed by atoms with van der Waals surface area (Å²) in [6.45, 7) is 2.45. The van der Waals surface area contributed by atoms with Crippen LogP contribution in [0.3, 0.4) is 0 Å². The number of thioether (sulfide) groups is 1. The second-order valence-corrected chi connectivity index (χ2v) is 7.83. The van der Waals surface area contributed by atoms with Gasteiger partial charge in [0.25, 0.3) is 11.1 Å². The topological polar surface area (TPSA) is 87.1 Å². The van der Waals surface area contributed by atoms with E-state index in [1.807, 2.05) is 47.7 Å². The summed E-state index contributed by atoms with van der Waals surface area (Å²) in [6, 6.07) is 14.8. The number of nitrogens with zero attached hydrogens (tertiary/aromatic N) is 6. The molecule has 0 aliphatic rings. The Morgan fingerprint density at radius 3 is 2.47 bits per heavy atom. The zero-order valence-corrected chi connectivity index (χ0v) is 17.3. The average molecular weight is 418 g/mol. The Kier molecular flexibility index (Phi) is 4.39. The highest BCUT2D eigenvalue weighted by Gasteiger charge is 2.16. The van der Waals surface area contributed by atoms with Crippen molar-refractivity contribution in [2.24, 2.45) is 7.05 Å². The molecule has 0 atom stereocenters. The third-order valence-electron chi connectivity index (χ3n) is 5.17. The largest absolute Gasteiger partial charge is 0.287 e. The van der Waals surface area contributed by atoms with Gasteiger partial charge in [-0.3, -0.25) is 23.1 Å². The molecule has 150 valence electrons. The van der Waals surface area contributed by atoms with Crippen LogP contribution in [0.25, 0.3) is 27.6 Å². The molecule has 9 heteroatoms. The summed E-state index contributed by atoms with van der Waals surface area (Å²) in [5.74, 6) is 1.62. The molecule has 0 saturated heterocycles. The monoisotopic (exact) mass is 418 g/mol. The van der Waals surface area contributed by atoms with E-state index in [0.717, 1.165) is 5.52 Å². The smallest absolute Gasteiger partial charge is 0.262 e. The lowest BCUT2D eigenvalue weighted by Gasteiger charge is -2.11. The van der Waals surface area contributed by atoms with Gasteiger partial charge in [-0.1, -0.05) is 36.0 Å². The van der Waals surface area contributed by atoms with Crippen molar-refractivity contribution in [3.63, 3.8) is 0 Å². The second kappa shape index (κ2) is 7.10. The van der Waals surface area contributed by atoms with Crippen molar-refractivity contribution in [1.82, 2.24) is 28.7 Å². The van der Waals surface area contributed by atoms with Crippen LogP contribution in [0.2, 0.25) is 0 Å². The van der Waals surface area contributed by atoms with Gasteiger partial charge in [-0.05, 0) is 31.2 Å². The molecule has 0 spiro atoms. The van der Waals surface area contributed by atoms with Crippen LogP contribution in [0.1, 0.15) is 12.7 Å². The lowest BCUT2D eigenvalue weighted by molar-refractivity contribution is 0.634. The molecule has 5 rings (SSSR count). The Labute approximate surface area is 174 Å². The number of rotatable bonds is 4. The van der Waals surface area contributed by atoms with Gasteiger partial charge >= 0.3 is 0 Å². The Hall–Kier alpha value is -3.46. The van der Waals surface area contributed by atoms with Gasteiger partial charge in [-0.2, -0.15) is 0 Å². The molecule has 0 N–H and O–H groups in total. The van der Waals surface area contributed by atoms with Crippen LogP contribution in [-0.4, -0.2) is 28.7 Å². The number of aryl methyl sites for hydroxylation is 1. The van der Waals surface area contributed by atoms with Crippen molar-refractivity contribution < 1.29 is 0 Å². The maximum atomic E-state index is 12.8. The first kappa shape index (κ1) is 18.6. The lowest BCUT2D eigenvalue weighted by atomic mass is 10.2. The normalized spacial score (nSPS) is 11.7. The molecule has 0 fully saturated rings. The molecule has 30 heavy (non-hydrogen) atoms. The van der Waals surface area contributed by atoms with Gasteiger partial charge in [0.05, 0.1) is 27.6 Å². The van der Waals surface area contributed by atoms with Crippen LogP contribution < -0.4 is 11.1 Å². The van der Waals surface area contributed by atoms with Gasteiger partial charge in [-0.15, -0.1) is 10.2 Å². The molecular formula is C21H18N6O2S. The zero-order chi connectivity index (χ0) is 20.8. The van der Waals surface area contributed by atoms with Crippen LogP contribution in [0.5, 0.6) is 0 Å². The Balaban J connectivity index is 1.63. The van der Waals surface area contributed by atoms with Gasteiger partial charge in [0.2, 0.25) is 5.78 Å². The third-order valence-corrected chi connectivity index (χ3v) is 6.14. The Bertz CT molecular complexity index is 1550. The number of fused-ring (bicyclic) bond motifs is 4. The predicted octanol–water partition coefficient (Wildman–Crippen LogP) is 2.60. The molecule has 0 aliphatic heterocycles. The van der Waals surface area contributed by atoms with E-state index < -0.39 is 0 Å². The molecule has 0 radical (unpaired) electrons. The van der Waals surface area contributed by atoms with Gasteiger partial charge < -0.3 is 0 Å². The maximum absolute atomic E-state index is 12.8. The number of hydrogen-bond acceptors (Lipinski definition) is 6. The van der Waals surface area contributed by atoms with Crippen molar-refractivity contribution in [2.45, 2.75) is 24.4 Å². The van der Waals surface area contributed by atoms with E-state index in [1.54, 1.807) is 23.7 Å². The highest BCUT2D eigenvalue weighted by molar-refractivity contribution is 7.98. The summed E-state index contributed by atoms with van der Waals surface area (Å²) in [7, 11) is 1.69. The summed E-state index contributed by atoms with van der Waals surface area (Å²) in [4.78, 5) is 30.1. The third kappa shape index (κ3) is 2.73. The molecule has 0 amide bonds. The first-order valence-corrected chi connectivity index (χ1v) is 10.5. The van der Waals surface area contributed by atoms with Gasteiger partial charge in [0, 0.05) is 13.6 Å². The summed E-state index contributed by atoms with van der Waals surface area (Å²) in [5, 5.41) is 10.4. The van der Waals surface area contributed by atoms with E-state index in [4.69, 9.17) is 4.98 Å². The summed E-state index contributed by atoms with van der Waals surface area (Å²) >= 11 is 1.43. The van der Waals surface area contributed by atoms with E-state index in [-0.39, 0.29) is 11.1 Å². The quantitative estimate of drug-likeness (QED) is 0.329. The Morgan fingerprint density at radius 2 is 1.67 bits per heavy atom. The van der Waals surface area contributed by atoms with Crippen molar-refractivity contribution >= 4 is 39.3 Å². The minimum Gasteiger partial charge on any atom is -0.287 e. The fourth-order valence-corrected chi connectivity index (χ4v) is 4.63. The van der Waals surface area contributed by atoms with E-state index in [9.17, 15) is 9.59 Å². The molecule has 2 aromatic carbocycles. The molecule has 0 aliphatic carbocycles. The van der Waals surface area contributed by atoms with Gasteiger partial charge in [0.15, 0.2) is 5.16 Å². The van der Waals surface area contributed by atoms with E-state index in [0.29, 0.717) is 45.3 Å². The standard InChI is InChI=1S/C21H18N6O2S/c1-3-26-19(29)13-8-4-6-10-15(13)22-21(26)30-12-17-23-24-20-25(2)18(28)14-9-5-7-11-16(14)27(17)20/h4-11H,3,12H2,1-2H3. The highest BCUT2D eigenvalue weighted by atomic mass is 32.2. The number of hydrogen-bond donors (Lipinski definition) is 0. The van der Waals surface area contributed by atoms with Gasteiger partial charge in [-0.25, -0.2) is 4.98 Å². The fraction of sp³-hybridized carbons (Fsp3) is 0.190. The molecular weight excluding hydrogens is 400 g/mol. The average Bonchev–Trinajstić information content (AvgIpc) is 3.20. The summed E-state index contributed by atoms with van der Waals surface area (Å²) in [5.41, 5.74) is 1.27. The van der Waals surface area contributed by atoms with Crippen molar-refractivity contribution in [3.8, 4) is 0 Å². The Morgan fingerprint density at radius 1 is 0.933 bits per heavy atom. The first-order chi connectivity index (χ1) is 14.6. The predicted molar refractivity (Wildman–Crippen MR) is 117 cm³/mol. The first-order valence-electron chi connectivity index (χ1n) is 9.54. The van der Waals surface area contributed by atoms with Crippen LogP contribution in [0.15, 0.2) is 63.3 Å². The number of aromatic nitrogens is 6. The SMILES string of the molecule is CCn1c(SCc2nnc3n(C)c(=O)c4ccccc4n23)nc2ccccc2c1=O. The molecule has 0 saturated carbocycles. The lowest BCUT2D eigenvalue weighted by Crippen LogP contribution is -2.22. The van der Waals surface area contributed by atoms with Gasteiger partial charge in [0.1, 0.15) is 5.82 Å². The highest BCUT2D eigenvalue weighted by Crippen LogP contribution is 2.23. The number of benzene rings is 2. The molecule has 0 unspecified atom stereocenters. The minimum atomic E-state index is -0.110. The molecule has 3 aromatic heterocycles. The molecule has 3 heterocycles. The van der Waals surface area contributed by atoms with Crippen molar-refractivity contribution in [1.29, 1.82) is 0 Å². The second-order valence-electron chi connectivity index (χ2n) is 6.88. The minimum absolute atomic E-state index is 0.0513. The summed E-state index contributed by atoms with van der Waals surface area (Å²) < 4.78 is 5.06. The van der Waals surface area contributed by atoms with E-state index in [2.05, 4.69) is 10.2 Å². The van der Waals surface area contributed by atoms with Crippen LogP contribution in [0, 0.1) is 0 Å². The van der Waals surface area contributed by atoms with Crippen molar-refractivity contribution in [2.75, 3.05) is 0 Å². The zero-order valence-electron chi connectivity index (χ0n) is 16.4. The van der Waals surface area contributed by atoms with Crippen LogP contribution in [-0.2, 0) is 19.3 Å². The van der Waals surface area contributed by atoms with Crippen molar-refractivity contribution in [3.05, 3.63) is 75.1 Å². The summed E-state index contributed by atoms with van der Waals surface area (Å²) in [6.07, 6.45) is 0. The maximum Gasteiger partial charge on any atom is 0.262 e. The van der Waals surface area contributed by atoms with E-state index >= 15 is 0 Å².